The van der Waals surface area contributed by atoms with Crippen LogP contribution in [0.15, 0.2) is 18.5 Å². The smallest absolute Gasteiger partial charge is 0.171 e. The molecule has 1 nitrogen and oxygen atoms in total. The Morgan fingerprint density at radius 2 is 0.862 bits per heavy atom. The third kappa shape index (κ3) is 14.7. The summed E-state index contributed by atoms with van der Waals surface area (Å²) in [6.45, 7) is 8.07. The van der Waals surface area contributed by atoms with Gasteiger partial charge >= 0.3 is 0 Å². The molecule has 0 amide bonds. The van der Waals surface area contributed by atoms with Crippen molar-refractivity contribution in [3.05, 3.63) is 29.6 Å². The van der Waals surface area contributed by atoms with E-state index in [1.165, 1.54) is 140 Å². The zero-order chi connectivity index (χ0) is 21.0. The van der Waals surface area contributed by atoms with E-state index in [9.17, 15) is 0 Å². The van der Waals surface area contributed by atoms with Crippen molar-refractivity contribution >= 4 is 0 Å². The highest BCUT2D eigenvalue weighted by atomic mass is 14.9. The van der Waals surface area contributed by atoms with Crippen molar-refractivity contribution in [3.8, 4) is 0 Å². The van der Waals surface area contributed by atoms with Crippen LogP contribution in [0.1, 0.15) is 141 Å². The lowest BCUT2D eigenvalue weighted by Crippen LogP contribution is -2.34. The molecule has 0 saturated heterocycles. The zero-order valence-electron chi connectivity index (χ0n) is 20.3. The van der Waals surface area contributed by atoms with Crippen molar-refractivity contribution in [2.75, 3.05) is 0 Å². The van der Waals surface area contributed by atoms with Crippen LogP contribution < -0.4 is 4.57 Å². The second-order valence-electron chi connectivity index (χ2n) is 9.24. The molecule has 1 heteroatoms. The fourth-order valence-electron chi connectivity index (χ4n) is 4.42. The van der Waals surface area contributed by atoms with Crippen molar-refractivity contribution in [2.45, 2.75) is 149 Å². The summed E-state index contributed by atoms with van der Waals surface area (Å²) in [5.41, 5.74) is 3.05. The number of rotatable bonds is 20. The number of hydrogen-bond donors (Lipinski definition) is 0. The first-order valence-electron chi connectivity index (χ1n) is 13.3. The summed E-state index contributed by atoms with van der Waals surface area (Å²) in [5, 5.41) is 0. The van der Waals surface area contributed by atoms with Crippen LogP contribution in [0, 0.1) is 0 Å². The molecule has 0 saturated carbocycles. The van der Waals surface area contributed by atoms with Gasteiger partial charge in [0, 0.05) is 17.5 Å². The molecule has 0 aliphatic carbocycles. The molecule has 0 fully saturated rings. The predicted octanol–water partition coefficient (Wildman–Crippen LogP) is 8.75. The first-order chi connectivity index (χ1) is 14.3. The van der Waals surface area contributed by atoms with Gasteiger partial charge in [0.1, 0.15) is 6.54 Å². The van der Waals surface area contributed by atoms with Crippen LogP contribution in [0.25, 0.3) is 0 Å². The standard InChI is InChI=1S/C28H52N/c1-4-7-8-9-10-11-12-13-14-15-16-17-18-19-20-23-29-25-27(21-5-2)24-28(26-29)22-6-3/h24-26H,4-23H2,1-3H3/q+1. The number of aryl methyl sites for hydroxylation is 3. The van der Waals surface area contributed by atoms with Crippen LogP contribution in [0.3, 0.4) is 0 Å². The van der Waals surface area contributed by atoms with Crippen LogP contribution in [0.2, 0.25) is 0 Å². The van der Waals surface area contributed by atoms with Gasteiger partial charge < -0.3 is 0 Å². The minimum absolute atomic E-state index is 1.20. The summed E-state index contributed by atoms with van der Waals surface area (Å²) >= 11 is 0. The molecule has 0 aliphatic rings. The number of unbranched alkanes of at least 4 members (excludes halogenated alkanes) is 14. The molecule has 0 aromatic carbocycles. The van der Waals surface area contributed by atoms with E-state index in [-0.39, 0.29) is 0 Å². The van der Waals surface area contributed by atoms with Crippen molar-refractivity contribution in [1.29, 1.82) is 0 Å². The molecule has 0 bridgehead atoms. The number of aromatic nitrogens is 1. The molecule has 168 valence electrons. The Morgan fingerprint density at radius 1 is 0.483 bits per heavy atom. The highest BCUT2D eigenvalue weighted by molar-refractivity contribution is 5.15. The summed E-state index contributed by atoms with van der Waals surface area (Å²) < 4.78 is 2.47. The van der Waals surface area contributed by atoms with Gasteiger partial charge in [-0.2, -0.15) is 0 Å². The van der Waals surface area contributed by atoms with E-state index in [4.69, 9.17) is 0 Å². The summed E-state index contributed by atoms with van der Waals surface area (Å²) in [5.74, 6) is 0. The molecule has 1 heterocycles. The Morgan fingerprint density at radius 3 is 1.24 bits per heavy atom. The lowest BCUT2D eigenvalue weighted by atomic mass is 10.0. The Hall–Kier alpha value is -0.850. The average Bonchev–Trinajstić information content (AvgIpc) is 2.71. The van der Waals surface area contributed by atoms with Gasteiger partial charge in [-0.25, -0.2) is 4.57 Å². The van der Waals surface area contributed by atoms with Crippen molar-refractivity contribution in [3.63, 3.8) is 0 Å². The highest BCUT2D eigenvalue weighted by Gasteiger charge is 2.07. The summed E-state index contributed by atoms with van der Waals surface area (Å²) in [6.07, 6.45) is 31.3. The molecule has 0 unspecified atom stereocenters. The van der Waals surface area contributed by atoms with Gasteiger partial charge in [-0.15, -0.1) is 0 Å². The second kappa shape index (κ2) is 19.1. The Bertz CT molecular complexity index is 455. The average molecular weight is 403 g/mol. The van der Waals surface area contributed by atoms with Crippen LogP contribution in [0.4, 0.5) is 0 Å². The summed E-state index contributed by atoms with van der Waals surface area (Å²) in [4.78, 5) is 0. The lowest BCUT2D eigenvalue weighted by Gasteiger charge is -2.05. The van der Waals surface area contributed by atoms with Gasteiger partial charge in [0.25, 0.3) is 0 Å². The maximum atomic E-state index is 2.47. The lowest BCUT2D eigenvalue weighted by molar-refractivity contribution is -0.698. The largest absolute Gasteiger partial charge is 0.205 e. The minimum Gasteiger partial charge on any atom is -0.205 e. The van der Waals surface area contributed by atoms with Crippen LogP contribution in [-0.2, 0) is 19.4 Å². The normalized spacial score (nSPS) is 11.3. The molecule has 1 aromatic heterocycles. The first-order valence-corrected chi connectivity index (χ1v) is 13.3. The Labute approximate surface area is 183 Å². The third-order valence-electron chi connectivity index (χ3n) is 6.13. The first kappa shape index (κ1) is 26.2. The number of hydrogen-bond acceptors (Lipinski definition) is 0. The van der Waals surface area contributed by atoms with E-state index >= 15 is 0 Å². The van der Waals surface area contributed by atoms with Gasteiger partial charge in [-0.3, -0.25) is 0 Å². The summed E-state index contributed by atoms with van der Waals surface area (Å²) in [7, 11) is 0. The molecule has 1 aromatic rings. The monoisotopic (exact) mass is 402 g/mol. The molecule has 1 rings (SSSR count). The van der Waals surface area contributed by atoms with Gasteiger partial charge in [0.2, 0.25) is 0 Å². The molecule has 0 atom stereocenters. The Balaban J connectivity index is 1.99. The van der Waals surface area contributed by atoms with Gasteiger partial charge in [-0.1, -0.05) is 117 Å². The predicted molar refractivity (Wildman–Crippen MR) is 130 cm³/mol. The van der Waals surface area contributed by atoms with Crippen LogP contribution in [0.5, 0.6) is 0 Å². The summed E-state index contributed by atoms with van der Waals surface area (Å²) in [6, 6.07) is 2.43. The fourth-order valence-corrected chi connectivity index (χ4v) is 4.42. The molecule has 29 heavy (non-hydrogen) atoms. The maximum Gasteiger partial charge on any atom is 0.171 e. The molecular formula is C28H52N+. The van der Waals surface area contributed by atoms with E-state index in [0.29, 0.717) is 0 Å². The van der Waals surface area contributed by atoms with Crippen molar-refractivity contribution in [2.24, 2.45) is 0 Å². The van der Waals surface area contributed by atoms with Crippen molar-refractivity contribution in [1.82, 2.24) is 0 Å². The Kier molecular flexibility index (Phi) is 17.3. The third-order valence-corrected chi connectivity index (χ3v) is 6.13. The quantitative estimate of drug-likeness (QED) is 0.151. The molecule has 0 N–H and O–H groups in total. The second-order valence-corrected chi connectivity index (χ2v) is 9.24. The van der Waals surface area contributed by atoms with E-state index in [0.717, 1.165) is 0 Å². The van der Waals surface area contributed by atoms with Crippen molar-refractivity contribution < 1.29 is 4.57 Å². The van der Waals surface area contributed by atoms with Gasteiger partial charge in [0.05, 0.1) is 0 Å². The number of pyridine rings is 1. The molecule has 0 radical (unpaired) electrons. The van der Waals surface area contributed by atoms with Gasteiger partial charge in [0.15, 0.2) is 12.4 Å². The fraction of sp³-hybridized carbons (Fsp3) is 0.821. The van der Waals surface area contributed by atoms with E-state index in [1.807, 2.05) is 0 Å². The van der Waals surface area contributed by atoms with Crippen LogP contribution in [-0.4, -0.2) is 0 Å². The van der Waals surface area contributed by atoms with Gasteiger partial charge in [-0.05, 0) is 25.3 Å². The maximum absolute atomic E-state index is 2.47. The van der Waals surface area contributed by atoms with E-state index in [2.05, 4.69) is 43.8 Å². The highest BCUT2D eigenvalue weighted by Crippen LogP contribution is 2.13. The number of nitrogens with zero attached hydrogens (tertiary/aromatic N) is 1. The zero-order valence-corrected chi connectivity index (χ0v) is 20.3. The van der Waals surface area contributed by atoms with Crippen LogP contribution >= 0.6 is 0 Å². The van der Waals surface area contributed by atoms with E-state index < -0.39 is 0 Å². The topological polar surface area (TPSA) is 3.88 Å². The molecule has 0 aliphatic heterocycles. The minimum atomic E-state index is 1.20. The molecule has 0 spiro atoms. The van der Waals surface area contributed by atoms with E-state index in [1.54, 1.807) is 0 Å². The SMILES string of the molecule is CCCCCCCCCCCCCCCCC[n+]1cc(CCC)cc(CCC)c1. The molecular weight excluding hydrogens is 350 g/mol.